The van der Waals surface area contributed by atoms with Gasteiger partial charge in [-0.3, -0.25) is 0 Å². The van der Waals surface area contributed by atoms with E-state index in [1.165, 1.54) is 5.56 Å². The molecule has 1 aromatic rings. The number of benzene rings is 1. The average Bonchev–Trinajstić information content (AvgIpc) is 2.28. The summed E-state index contributed by atoms with van der Waals surface area (Å²) in [5, 5.41) is 0. The van der Waals surface area contributed by atoms with Gasteiger partial charge in [-0.1, -0.05) is 70.0 Å². The molecule has 0 aliphatic heterocycles. The van der Waals surface area contributed by atoms with E-state index in [2.05, 4.69) is 77.8 Å². The van der Waals surface area contributed by atoms with E-state index in [0.717, 1.165) is 6.42 Å². The van der Waals surface area contributed by atoms with Crippen LogP contribution in [0.25, 0.3) is 0 Å². The van der Waals surface area contributed by atoms with Crippen molar-refractivity contribution in [2.75, 3.05) is 0 Å². The molecule has 0 heterocycles. The summed E-state index contributed by atoms with van der Waals surface area (Å²) >= 11 is 0. The molecule has 19 heavy (non-hydrogen) atoms. The van der Waals surface area contributed by atoms with Gasteiger partial charge < -0.3 is 4.65 Å². The van der Waals surface area contributed by atoms with Gasteiger partial charge in [0.05, 0.1) is 5.60 Å². The first-order valence-corrected chi connectivity index (χ1v) is 7.11. The van der Waals surface area contributed by atoms with Gasteiger partial charge in [0.25, 0.3) is 0 Å². The van der Waals surface area contributed by atoms with Crippen LogP contribution in [0.5, 0.6) is 0 Å². The minimum atomic E-state index is -0.135. The zero-order valence-electron chi connectivity index (χ0n) is 13.2. The van der Waals surface area contributed by atoms with Crippen molar-refractivity contribution in [1.29, 1.82) is 0 Å². The van der Waals surface area contributed by atoms with E-state index in [1.807, 2.05) is 6.07 Å². The van der Waals surface area contributed by atoms with Gasteiger partial charge in [0.15, 0.2) is 0 Å². The van der Waals surface area contributed by atoms with Gasteiger partial charge in [-0.05, 0) is 31.2 Å². The summed E-state index contributed by atoms with van der Waals surface area (Å²) in [5.41, 5.74) is 1.33. The molecule has 0 fully saturated rings. The number of hydrogen-bond donors (Lipinski definition) is 0. The van der Waals surface area contributed by atoms with Crippen molar-refractivity contribution >= 4 is 6.92 Å². The van der Waals surface area contributed by atoms with Crippen LogP contribution in [-0.2, 0) is 11.1 Å². The Morgan fingerprint density at radius 2 is 1.63 bits per heavy atom. The summed E-state index contributed by atoms with van der Waals surface area (Å²) in [4.78, 5) is 0. The number of hydrogen-bond acceptors (Lipinski definition) is 1. The fraction of sp³-hybridized carbons (Fsp3) is 0.529. The smallest absolute Gasteiger partial charge is 0.316 e. The molecule has 0 aliphatic rings. The third kappa shape index (κ3) is 5.24. The van der Waals surface area contributed by atoms with E-state index in [0.29, 0.717) is 0 Å². The normalized spacial score (nSPS) is 12.9. The SMILES string of the molecule is CB(/C=C/Cc1ccccc1)OC(C)(C)C(C)(C)C. The van der Waals surface area contributed by atoms with Gasteiger partial charge in [-0.15, -0.1) is 0 Å². The fourth-order valence-corrected chi connectivity index (χ4v) is 1.69. The molecule has 0 spiro atoms. The molecular weight excluding hydrogens is 231 g/mol. The molecule has 0 atom stereocenters. The minimum absolute atomic E-state index is 0.133. The second-order valence-corrected chi connectivity index (χ2v) is 6.70. The zero-order valence-corrected chi connectivity index (χ0v) is 13.2. The molecule has 2 heteroatoms. The summed E-state index contributed by atoms with van der Waals surface area (Å²) in [6.07, 6.45) is 3.16. The van der Waals surface area contributed by atoms with Crippen LogP contribution in [0.1, 0.15) is 40.2 Å². The lowest BCUT2D eigenvalue weighted by Crippen LogP contribution is -2.42. The molecule has 0 unspecified atom stereocenters. The van der Waals surface area contributed by atoms with Crippen LogP contribution in [0.3, 0.4) is 0 Å². The van der Waals surface area contributed by atoms with Crippen LogP contribution >= 0.6 is 0 Å². The van der Waals surface area contributed by atoms with E-state index in [-0.39, 0.29) is 17.9 Å². The summed E-state index contributed by atoms with van der Waals surface area (Å²) in [6.45, 7) is 13.2. The Hall–Kier alpha value is -1.02. The van der Waals surface area contributed by atoms with E-state index >= 15 is 0 Å². The van der Waals surface area contributed by atoms with E-state index in [1.54, 1.807) is 0 Å². The lowest BCUT2D eigenvalue weighted by atomic mass is 9.67. The third-order valence-corrected chi connectivity index (χ3v) is 3.89. The topological polar surface area (TPSA) is 9.23 Å². The van der Waals surface area contributed by atoms with Gasteiger partial charge in [-0.25, -0.2) is 0 Å². The first-order valence-electron chi connectivity index (χ1n) is 7.11. The predicted octanol–water partition coefficient (Wildman–Crippen LogP) is 4.79. The van der Waals surface area contributed by atoms with Crippen molar-refractivity contribution in [1.82, 2.24) is 0 Å². The highest BCUT2D eigenvalue weighted by Crippen LogP contribution is 2.33. The monoisotopic (exact) mass is 258 g/mol. The van der Waals surface area contributed by atoms with Crippen molar-refractivity contribution in [3.63, 3.8) is 0 Å². The molecule has 104 valence electrons. The van der Waals surface area contributed by atoms with Crippen LogP contribution in [0.15, 0.2) is 42.4 Å². The molecule has 1 nitrogen and oxygen atoms in total. The minimum Gasteiger partial charge on any atom is -0.427 e. The van der Waals surface area contributed by atoms with Crippen LogP contribution in [0.4, 0.5) is 0 Å². The molecule has 0 bridgehead atoms. The zero-order chi connectivity index (χ0) is 14.5. The Labute approximate surface area is 119 Å². The Kier molecular flexibility index (Phi) is 5.43. The van der Waals surface area contributed by atoms with Gasteiger partial charge in [0.2, 0.25) is 0 Å². The van der Waals surface area contributed by atoms with E-state index in [4.69, 9.17) is 4.65 Å². The third-order valence-electron chi connectivity index (χ3n) is 3.89. The van der Waals surface area contributed by atoms with Crippen LogP contribution < -0.4 is 0 Å². The van der Waals surface area contributed by atoms with E-state index < -0.39 is 0 Å². The van der Waals surface area contributed by atoms with Crippen LogP contribution in [-0.4, -0.2) is 12.5 Å². The fourth-order valence-electron chi connectivity index (χ4n) is 1.69. The Morgan fingerprint density at radius 3 is 2.16 bits per heavy atom. The molecule has 0 aliphatic carbocycles. The maximum atomic E-state index is 6.15. The van der Waals surface area contributed by atoms with Crippen LogP contribution in [0.2, 0.25) is 6.82 Å². The summed E-state index contributed by atoms with van der Waals surface area (Å²) in [6, 6.07) is 10.5. The molecule has 1 aromatic carbocycles. The summed E-state index contributed by atoms with van der Waals surface area (Å²) < 4.78 is 6.15. The Bertz CT molecular complexity index is 401. The van der Waals surface area contributed by atoms with Crippen LogP contribution in [0, 0.1) is 5.41 Å². The van der Waals surface area contributed by atoms with Crippen molar-refractivity contribution < 1.29 is 4.65 Å². The molecular formula is C17H27BO. The van der Waals surface area contributed by atoms with Gasteiger partial charge in [-0.2, -0.15) is 0 Å². The molecule has 0 radical (unpaired) electrons. The second-order valence-electron chi connectivity index (χ2n) is 6.70. The average molecular weight is 258 g/mol. The molecule has 0 N–H and O–H groups in total. The first-order chi connectivity index (χ1) is 8.72. The van der Waals surface area contributed by atoms with Crippen molar-refractivity contribution in [2.45, 2.75) is 53.5 Å². The quantitative estimate of drug-likeness (QED) is 0.690. The van der Waals surface area contributed by atoms with Crippen molar-refractivity contribution in [3.8, 4) is 0 Å². The molecule has 0 saturated heterocycles. The lowest BCUT2D eigenvalue weighted by molar-refractivity contribution is 0.000163. The predicted molar refractivity (Wildman–Crippen MR) is 85.5 cm³/mol. The van der Waals surface area contributed by atoms with Gasteiger partial charge in [0, 0.05) is 0 Å². The van der Waals surface area contributed by atoms with Gasteiger partial charge in [0.1, 0.15) is 0 Å². The maximum absolute atomic E-state index is 6.15. The highest BCUT2D eigenvalue weighted by Gasteiger charge is 2.34. The van der Waals surface area contributed by atoms with Crippen molar-refractivity contribution in [3.05, 3.63) is 47.9 Å². The molecule has 1 rings (SSSR count). The summed E-state index contributed by atoms with van der Waals surface area (Å²) in [5.74, 6) is 2.15. The number of rotatable bonds is 5. The molecule has 0 aromatic heterocycles. The van der Waals surface area contributed by atoms with Crippen molar-refractivity contribution in [2.24, 2.45) is 5.41 Å². The Morgan fingerprint density at radius 1 is 1.05 bits per heavy atom. The standard InChI is InChI=1S/C17H27BO/c1-16(2,3)17(4,5)19-18(6)14-10-13-15-11-8-7-9-12-15/h7-12,14H,13H2,1-6H3/b14-10+. The Balaban J connectivity index is 2.50. The maximum Gasteiger partial charge on any atom is 0.316 e. The summed E-state index contributed by atoms with van der Waals surface area (Å²) in [7, 11) is 0. The second kappa shape index (κ2) is 6.43. The first kappa shape index (κ1) is 16.0. The lowest BCUT2D eigenvalue weighted by Gasteiger charge is -2.40. The highest BCUT2D eigenvalue weighted by atomic mass is 16.5. The largest absolute Gasteiger partial charge is 0.427 e. The molecule has 0 saturated carbocycles. The number of allylic oxidation sites excluding steroid dienone is 1. The van der Waals surface area contributed by atoms with E-state index in [9.17, 15) is 0 Å². The highest BCUT2D eigenvalue weighted by molar-refractivity contribution is 6.56. The molecule has 0 amide bonds. The van der Waals surface area contributed by atoms with Gasteiger partial charge >= 0.3 is 6.92 Å².